The van der Waals surface area contributed by atoms with E-state index in [9.17, 15) is 0 Å². The van der Waals surface area contributed by atoms with Gasteiger partial charge in [-0.1, -0.05) is 0 Å². The molecule has 0 heterocycles. The molecular weight excluding hydrogens is 194 g/mol. The van der Waals surface area contributed by atoms with Crippen LogP contribution in [-0.4, -0.2) is 32.7 Å². The Balaban J connectivity index is 4.42. The second-order valence-corrected chi connectivity index (χ2v) is 7.35. The summed E-state index contributed by atoms with van der Waals surface area (Å²) in [5.41, 5.74) is 0. The van der Waals surface area contributed by atoms with E-state index in [1.54, 1.807) is 21.3 Å². The zero-order valence-electron chi connectivity index (χ0n) is 8.51. The van der Waals surface area contributed by atoms with Gasteiger partial charge in [0.15, 0.2) is 0 Å². The van der Waals surface area contributed by atoms with E-state index < -0.39 is 17.8 Å². The summed E-state index contributed by atoms with van der Waals surface area (Å²) in [4.78, 5) is 0. The molecule has 0 saturated heterocycles. The average molecular weight is 213 g/mol. The first kappa shape index (κ1) is 12.6. The van der Waals surface area contributed by atoms with Crippen molar-refractivity contribution >= 4 is 0 Å². The molecule has 0 saturated carbocycles. The first-order valence-corrected chi connectivity index (χ1v) is 6.84. The maximum atomic E-state index is 5.36. The van der Waals surface area contributed by atoms with E-state index >= 15 is 0 Å². The minimum absolute atomic E-state index is 0.213. The van der Waals surface area contributed by atoms with Crippen molar-refractivity contribution < 1.29 is 27.7 Å². The minimum atomic E-state index is -2.98. The van der Waals surface area contributed by atoms with E-state index in [-0.39, 0.29) is 4.35 Å². The standard InChI is InChI=1S/C4H10N.3CH3O.Ti/c1-3-4-5-2;3*1-2;/h4-5H,3H2,1-2H3;3*1H3;/q;3*-1;+3. The third-order valence-electron chi connectivity index (χ3n) is 2.04. The van der Waals surface area contributed by atoms with E-state index in [2.05, 4.69) is 12.2 Å². The zero-order chi connectivity index (χ0) is 9.61. The van der Waals surface area contributed by atoms with Gasteiger partial charge in [0, 0.05) is 0 Å². The Labute approximate surface area is 79.4 Å². The fraction of sp³-hybridized carbons (Fsp3) is 1.00. The molecule has 0 aromatic heterocycles. The Morgan fingerprint density at radius 1 is 1.17 bits per heavy atom. The van der Waals surface area contributed by atoms with Crippen molar-refractivity contribution in [2.75, 3.05) is 28.4 Å². The van der Waals surface area contributed by atoms with Crippen LogP contribution in [0.5, 0.6) is 0 Å². The predicted octanol–water partition coefficient (Wildman–Crippen LogP) is 0.780. The maximum absolute atomic E-state index is 5.36. The van der Waals surface area contributed by atoms with Crippen molar-refractivity contribution in [1.29, 1.82) is 0 Å². The first-order valence-electron chi connectivity index (χ1n) is 4.03. The van der Waals surface area contributed by atoms with Crippen molar-refractivity contribution in [2.24, 2.45) is 0 Å². The molecule has 0 rings (SSSR count). The third kappa shape index (κ3) is 2.52. The average Bonchev–Trinajstić information content (AvgIpc) is 2.14. The number of hydrogen-bond acceptors (Lipinski definition) is 4. The van der Waals surface area contributed by atoms with Crippen LogP contribution >= 0.6 is 0 Å². The summed E-state index contributed by atoms with van der Waals surface area (Å²) in [5.74, 6) is 0. The number of hydrogen-bond donors (Lipinski definition) is 1. The van der Waals surface area contributed by atoms with Crippen LogP contribution < -0.4 is 5.32 Å². The molecule has 5 heteroatoms. The molecule has 1 unspecified atom stereocenters. The first-order chi connectivity index (χ1) is 5.70. The van der Waals surface area contributed by atoms with E-state index in [0.717, 1.165) is 6.42 Å². The number of rotatable bonds is 6. The molecule has 0 aromatic rings. The fourth-order valence-electron chi connectivity index (χ4n) is 1.31. The summed E-state index contributed by atoms with van der Waals surface area (Å²) in [6, 6.07) is 0. The molecule has 0 aliphatic carbocycles. The Morgan fingerprint density at radius 2 is 1.58 bits per heavy atom. The van der Waals surface area contributed by atoms with Crippen LogP contribution in [0.1, 0.15) is 13.3 Å². The van der Waals surface area contributed by atoms with Crippen molar-refractivity contribution in [2.45, 2.75) is 17.7 Å². The Bertz CT molecular complexity index is 107. The SMILES string of the molecule is CC[CH](NC)[Ti]([O]C)([O]C)[O]C. The van der Waals surface area contributed by atoms with Gasteiger partial charge in [-0.2, -0.15) is 0 Å². The molecule has 1 atom stereocenters. The van der Waals surface area contributed by atoms with Gasteiger partial charge in [-0.15, -0.1) is 0 Å². The summed E-state index contributed by atoms with van der Waals surface area (Å²) in [6.07, 6.45) is 0.950. The van der Waals surface area contributed by atoms with Crippen LogP contribution in [0, 0.1) is 0 Å². The second-order valence-electron chi connectivity index (χ2n) is 2.47. The van der Waals surface area contributed by atoms with Crippen LogP contribution in [0.25, 0.3) is 0 Å². The second kappa shape index (κ2) is 6.08. The van der Waals surface area contributed by atoms with E-state index in [1.807, 2.05) is 7.05 Å². The summed E-state index contributed by atoms with van der Waals surface area (Å²) in [5, 5.41) is 3.15. The van der Waals surface area contributed by atoms with Crippen LogP contribution in [0.2, 0.25) is 0 Å². The Hall–Kier alpha value is 0.554. The predicted molar refractivity (Wildman–Crippen MR) is 44.2 cm³/mol. The monoisotopic (exact) mass is 213 g/mol. The van der Waals surface area contributed by atoms with Gasteiger partial charge < -0.3 is 0 Å². The van der Waals surface area contributed by atoms with Crippen molar-refractivity contribution in [3.8, 4) is 0 Å². The molecule has 0 aliphatic heterocycles. The van der Waals surface area contributed by atoms with Gasteiger partial charge in [-0.25, -0.2) is 0 Å². The number of nitrogens with one attached hydrogen (secondary N) is 1. The molecule has 0 aliphatic rings. The summed E-state index contributed by atoms with van der Waals surface area (Å²) in [7, 11) is 6.83. The van der Waals surface area contributed by atoms with Crippen LogP contribution in [-0.2, 0) is 27.7 Å². The van der Waals surface area contributed by atoms with Crippen LogP contribution in [0.15, 0.2) is 0 Å². The zero-order valence-corrected chi connectivity index (χ0v) is 10.1. The van der Waals surface area contributed by atoms with Crippen molar-refractivity contribution in [3.05, 3.63) is 0 Å². The Morgan fingerprint density at radius 3 is 1.67 bits per heavy atom. The normalized spacial score (nSPS) is 14.8. The quantitative estimate of drug-likeness (QED) is 0.662. The summed E-state index contributed by atoms with van der Waals surface area (Å²) >= 11 is -2.98. The molecule has 0 fully saturated rings. The molecule has 0 amide bonds. The molecule has 0 spiro atoms. The van der Waals surface area contributed by atoms with Crippen molar-refractivity contribution in [1.82, 2.24) is 5.32 Å². The summed E-state index contributed by atoms with van der Waals surface area (Å²) in [6.45, 7) is 2.08. The molecule has 0 bridgehead atoms. The van der Waals surface area contributed by atoms with Gasteiger partial charge in [0.25, 0.3) is 0 Å². The topological polar surface area (TPSA) is 39.7 Å². The Kier molecular flexibility index (Phi) is 6.36. The van der Waals surface area contributed by atoms with E-state index in [4.69, 9.17) is 9.96 Å². The molecule has 74 valence electrons. The van der Waals surface area contributed by atoms with Gasteiger partial charge in [-0.05, 0) is 0 Å². The molecule has 4 nitrogen and oxygen atoms in total. The molecule has 12 heavy (non-hydrogen) atoms. The van der Waals surface area contributed by atoms with Crippen molar-refractivity contribution in [3.63, 3.8) is 0 Å². The van der Waals surface area contributed by atoms with Gasteiger partial charge >= 0.3 is 79.1 Å². The van der Waals surface area contributed by atoms with Crippen LogP contribution in [0.3, 0.4) is 0 Å². The molecule has 1 N–H and O–H groups in total. The van der Waals surface area contributed by atoms with Gasteiger partial charge in [-0.3, -0.25) is 0 Å². The molecular formula is C7H19NO3Ti. The molecule has 0 radical (unpaired) electrons. The van der Waals surface area contributed by atoms with E-state index in [1.165, 1.54) is 0 Å². The van der Waals surface area contributed by atoms with E-state index in [0.29, 0.717) is 0 Å². The van der Waals surface area contributed by atoms with Gasteiger partial charge in [0.1, 0.15) is 0 Å². The fourth-order valence-corrected chi connectivity index (χ4v) is 4.75. The van der Waals surface area contributed by atoms with Crippen LogP contribution in [0.4, 0.5) is 0 Å². The summed E-state index contributed by atoms with van der Waals surface area (Å²) < 4.78 is 16.3. The molecule has 0 aromatic carbocycles. The third-order valence-corrected chi connectivity index (χ3v) is 7.12. The van der Waals surface area contributed by atoms with Gasteiger partial charge in [0.2, 0.25) is 0 Å². The van der Waals surface area contributed by atoms with Gasteiger partial charge in [0.05, 0.1) is 0 Å².